The number of aryl methyl sites for hydroxylation is 1. The monoisotopic (exact) mass is 388 g/mol. The minimum atomic E-state index is -3.10. The molecule has 0 aliphatic carbocycles. The summed E-state index contributed by atoms with van der Waals surface area (Å²) in [4.78, 5) is 25.4. The van der Waals surface area contributed by atoms with Crippen molar-refractivity contribution in [2.75, 3.05) is 23.9 Å². The van der Waals surface area contributed by atoms with Gasteiger partial charge in [-0.15, -0.1) is 0 Å². The quantitative estimate of drug-likeness (QED) is 0.774. The molecule has 0 bridgehead atoms. The molecule has 6 nitrogen and oxygen atoms in total. The highest BCUT2D eigenvalue weighted by atomic mass is 79.9. The summed E-state index contributed by atoms with van der Waals surface area (Å²) in [5, 5.41) is 2.54. The number of likely N-dealkylation sites (N-methyl/N-ethyl adjacent to an activating group) is 1. The lowest BCUT2D eigenvalue weighted by Gasteiger charge is -2.22. The van der Waals surface area contributed by atoms with Crippen LogP contribution in [0, 0.1) is 6.92 Å². The summed E-state index contributed by atoms with van der Waals surface area (Å²) in [6.45, 7) is 1.91. The largest absolute Gasteiger partial charge is 0.333 e. The molecule has 0 spiro atoms. The smallest absolute Gasteiger partial charge is 0.313 e. The summed E-state index contributed by atoms with van der Waals surface area (Å²) in [6.07, 6.45) is 0.367. The van der Waals surface area contributed by atoms with E-state index in [1.807, 2.05) is 19.1 Å². The highest BCUT2D eigenvalue weighted by Gasteiger charge is 2.34. The molecule has 1 saturated heterocycles. The fourth-order valence-corrected chi connectivity index (χ4v) is 4.67. The number of amides is 2. The van der Waals surface area contributed by atoms with E-state index in [4.69, 9.17) is 0 Å². The molecular weight excluding hydrogens is 372 g/mol. The molecule has 1 atom stereocenters. The Morgan fingerprint density at radius 3 is 2.59 bits per heavy atom. The van der Waals surface area contributed by atoms with Crippen LogP contribution in [0.4, 0.5) is 5.69 Å². The first-order valence-electron chi connectivity index (χ1n) is 6.74. The average molecular weight is 389 g/mol. The van der Waals surface area contributed by atoms with Gasteiger partial charge in [0, 0.05) is 17.6 Å². The number of nitrogens with one attached hydrogen (secondary N) is 1. The number of halogens is 1. The van der Waals surface area contributed by atoms with Gasteiger partial charge in [0.15, 0.2) is 9.84 Å². The third-order valence-electron chi connectivity index (χ3n) is 3.64. The molecule has 1 unspecified atom stereocenters. The van der Waals surface area contributed by atoms with E-state index in [-0.39, 0.29) is 11.5 Å². The molecule has 1 aromatic rings. The lowest BCUT2D eigenvalue weighted by molar-refractivity contribution is -0.143. The van der Waals surface area contributed by atoms with Gasteiger partial charge in [0.25, 0.3) is 0 Å². The minimum absolute atomic E-state index is 0.0560. The van der Waals surface area contributed by atoms with Crippen LogP contribution in [0.2, 0.25) is 0 Å². The SMILES string of the molecule is Cc1ccc(NC(=O)C(=O)N(C)C2CCS(=O)(=O)C2)c(Br)c1. The first-order chi connectivity index (χ1) is 10.2. The van der Waals surface area contributed by atoms with Crippen LogP contribution in [0.1, 0.15) is 12.0 Å². The topological polar surface area (TPSA) is 83.6 Å². The Hall–Kier alpha value is -1.41. The van der Waals surface area contributed by atoms with E-state index in [0.29, 0.717) is 16.6 Å². The van der Waals surface area contributed by atoms with E-state index < -0.39 is 27.7 Å². The maximum absolute atomic E-state index is 12.1. The van der Waals surface area contributed by atoms with E-state index in [1.54, 1.807) is 6.07 Å². The van der Waals surface area contributed by atoms with Crippen LogP contribution >= 0.6 is 15.9 Å². The average Bonchev–Trinajstić information content (AvgIpc) is 2.80. The Kier molecular flexibility index (Phi) is 4.91. The molecule has 1 fully saturated rings. The number of anilines is 1. The second-order valence-corrected chi connectivity index (χ2v) is 8.49. The second kappa shape index (κ2) is 6.37. The zero-order chi connectivity index (χ0) is 16.5. The highest BCUT2D eigenvalue weighted by molar-refractivity contribution is 9.10. The number of benzene rings is 1. The van der Waals surface area contributed by atoms with Crippen molar-refractivity contribution in [3.05, 3.63) is 28.2 Å². The summed E-state index contributed by atoms with van der Waals surface area (Å²) < 4.78 is 23.6. The number of hydrogen-bond donors (Lipinski definition) is 1. The van der Waals surface area contributed by atoms with Crippen molar-refractivity contribution in [1.82, 2.24) is 4.90 Å². The van der Waals surface area contributed by atoms with Gasteiger partial charge in [-0.2, -0.15) is 0 Å². The number of rotatable bonds is 2. The predicted molar refractivity (Wildman–Crippen MR) is 87.3 cm³/mol. The Morgan fingerprint density at radius 1 is 1.36 bits per heavy atom. The molecule has 0 radical (unpaired) electrons. The van der Waals surface area contributed by atoms with Gasteiger partial charge in [0.1, 0.15) is 0 Å². The molecule has 1 aromatic carbocycles. The standard InChI is InChI=1S/C14H17BrN2O4S/c1-9-3-4-12(11(15)7-9)16-13(18)14(19)17(2)10-5-6-22(20,21)8-10/h3-4,7,10H,5-6,8H2,1-2H3,(H,16,18). The van der Waals surface area contributed by atoms with Crippen LogP contribution < -0.4 is 5.32 Å². The van der Waals surface area contributed by atoms with Crippen molar-refractivity contribution in [2.45, 2.75) is 19.4 Å². The van der Waals surface area contributed by atoms with Gasteiger partial charge in [-0.05, 0) is 47.0 Å². The minimum Gasteiger partial charge on any atom is -0.333 e. The maximum Gasteiger partial charge on any atom is 0.313 e. The zero-order valence-corrected chi connectivity index (χ0v) is 14.7. The summed E-state index contributed by atoms with van der Waals surface area (Å²) in [5.74, 6) is -1.55. The molecule has 2 amide bonds. The third-order valence-corrected chi connectivity index (χ3v) is 6.05. The fraction of sp³-hybridized carbons (Fsp3) is 0.429. The van der Waals surface area contributed by atoms with Crippen molar-refractivity contribution in [3.8, 4) is 0 Å². The molecule has 1 aliphatic rings. The van der Waals surface area contributed by atoms with Crippen molar-refractivity contribution in [3.63, 3.8) is 0 Å². The van der Waals surface area contributed by atoms with Crippen molar-refractivity contribution < 1.29 is 18.0 Å². The Balaban J connectivity index is 2.04. The van der Waals surface area contributed by atoms with Crippen molar-refractivity contribution in [2.24, 2.45) is 0 Å². The van der Waals surface area contributed by atoms with Gasteiger partial charge in [-0.3, -0.25) is 9.59 Å². The van der Waals surface area contributed by atoms with E-state index >= 15 is 0 Å². The molecule has 8 heteroatoms. The number of nitrogens with zero attached hydrogens (tertiary/aromatic N) is 1. The summed E-state index contributed by atoms with van der Waals surface area (Å²) >= 11 is 3.32. The highest BCUT2D eigenvalue weighted by Crippen LogP contribution is 2.23. The van der Waals surface area contributed by atoms with Gasteiger partial charge in [0.2, 0.25) is 0 Å². The normalized spacial score (nSPS) is 19.7. The van der Waals surface area contributed by atoms with Crippen LogP contribution in [0.3, 0.4) is 0 Å². The van der Waals surface area contributed by atoms with Crippen LogP contribution in [-0.2, 0) is 19.4 Å². The van der Waals surface area contributed by atoms with E-state index in [1.165, 1.54) is 11.9 Å². The molecule has 0 aromatic heterocycles. The van der Waals surface area contributed by atoms with Gasteiger partial charge >= 0.3 is 11.8 Å². The molecule has 2 rings (SSSR count). The van der Waals surface area contributed by atoms with Crippen LogP contribution in [0.15, 0.2) is 22.7 Å². The Bertz CT molecular complexity index is 718. The first-order valence-corrected chi connectivity index (χ1v) is 9.36. The van der Waals surface area contributed by atoms with Crippen molar-refractivity contribution >= 4 is 43.3 Å². The molecule has 0 saturated carbocycles. The molecule has 22 heavy (non-hydrogen) atoms. The van der Waals surface area contributed by atoms with Crippen LogP contribution in [0.5, 0.6) is 0 Å². The third kappa shape index (κ3) is 3.86. The van der Waals surface area contributed by atoms with Crippen LogP contribution in [-0.4, -0.2) is 49.7 Å². The van der Waals surface area contributed by atoms with E-state index in [0.717, 1.165) is 5.56 Å². The summed E-state index contributed by atoms with van der Waals surface area (Å²) in [7, 11) is -1.65. The van der Waals surface area contributed by atoms with Gasteiger partial charge < -0.3 is 10.2 Å². The Labute approximate surface area is 137 Å². The van der Waals surface area contributed by atoms with Crippen molar-refractivity contribution in [1.29, 1.82) is 0 Å². The number of carbonyl (C=O) groups excluding carboxylic acids is 2. The summed E-state index contributed by atoms with van der Waals surface area (Å²) in [6, 6.07) is 4.90. The van der Waals surface area contributed by atoms with Gasteiger partial charge in [-0.25, -0.2) is 8.42 Å². The zero-order valence-electron chi connectivity index (χ0n) is 12.3. The number of hydrogen-bond acceptors (Lipinski definition) is 4. The van der Waals surface area contributed by atoms with E-state index in [9.17, 15) is 18.0 Å². The number of sulfone groups is 1. The second-order valence-electron chi connectivity index (χ2n) is 5.41. The predicted octanol–water partition coefficient (Wildman–Crippen LogP) is 1.34. The maximum atomic E-state index is 12.1. The molecular formula is C14H17BrN2O4S. The van der Waals surface area contributed by atoms with Gasteiger partial charge in [0.05, 0.1) is 17.2 Å². The molecule has 1 N–H and O–H groups in total. The van der Waals surface area contributed by atoms with Gasteiger partial charge in [-0.1, -0.05) is 6.07 Å². The summed E-state index contributed by atoms with van der Waals surface area (Å²) in [5.41, 5.74) is 1.51. The lowest BCUT2D eigenvalue weighted by Crippen LogP contribution is -2.43. The number of carbonyl (C=O) groups is 2. The van der Waals surface area contributed by atoms with Crippen LogP contribution in [0.25, 0.3) is 0 Å². The first kappa shape index (κ1) is 17.0. The molecule has 120 valence electrons. The Morgan fingerprint density at radius 2 is 2.05 bits per heavy atom. The molecule has 1 heterocycles. The lowest BCUT2D eigenvalue weighted by atomic mass is 10.2. The van der Waals surface area contributed by atoms with E-state index in [2.05, 4.69) is 21.2 Å². The molecule has 1 aliphatic heterocycles. The fourth-order valence-electron chi connectivity index (χ4n) is 2.30.